The lowest BCUT2D eigenvalue weighted by molar-refractivity contribution is -0.144. The van der Waals surface area contributed by atoms with Crippen molar-refractivity contribution in [2.45, 2.75) is 77.7 Å². The topological polar surface area (TPSA) is 37.4 Å². The van der Waals surface area contributed by atoms with Gasteiger partial charge in [-0.15, -0.1) is 6.58 Å². The summed E-state index contributed by atoms with van der Waals surface area (Å²) in [6, 6.07) is 0.201. The molecule has 3 nitrogen and oxygen atoms in total. The van der Waals surface area contributed by atoms with Crippen molar-refractivity contribution in [2.75, 3.05) is 0 Å². The molecule has 0 spiro atoms. The van der Waals surface area contributed by atoms with Gasteiger partial charge in [-0.2, -0.15) is 0 Å². The van der Waals surface area contributed by atoms with E-state index in [1.807, 2.05) is 0 Å². The molecule has 0 aliphatic carbocycles. The molecule has 2 heterocycles. The van der Waals surface area contributed by atoms with E-state index in [-0.39, 0.29) is 29.8 Å². The van der Waals surface area contributed by atoms with Gasteiger partial charge < -0.3 is 4.90 Å². The number of rotatable bonds is 5. The summed E-state index contributed by atoms with van der Waals surface area (Å²) in [4.78, 5) is 27.8. The second kappa shape index (κ2) is 6.30. The van der Waals surface area contributed by atoms with E-state index in [4.69, 9.17) is 0 Å². The average molecular weight is 322 g/mol. The van der Waals surface area contributed by atoms with Crippen LogP contribution in [0.2, 0.25) is 19.6 Å². The summed E-state index contributed by atoms with van der Waals surface area (Å²) < 4.78 is 0. The molecule has 0 N–H and O–H groups in total. The lowest BCUT2D eigenvalue weighted by Gasteiger charge is -2.48. The second-order valence-electron chi connectivity index (χ2n) is 7.93. The van der Waals surface area contributed by atoms with Gasteiger partial charge in [0.2, 0.25) is 5.91 Å². The SMILES string of the molecule is C=C([C@@H]1C(=O)[C@H](CC)[C@@H]2CCC(=O)N2[C@H]1CCC)[Si](C)(C)C. The van der Waals surface area contributed by atoms with Gasteiger partial charge in [-0.3, -0.25) is 9.59 Å². The molecule has 4 atom stereocenters. The Morgan fingerprint density at radius 1 is 1.27 bits per heavy atom. The quantitative estimate of drug-likeness (QED) is 0.722. The molecule has 0 radical (unpaired) electrons. The third-order valence-corrected chi connectivity index (χ3v) is 7.78. The number of Topliss-reactive ketones (excluding diaryl/α,β-unsaturated/α-hetero) is 1. The summed E-state index contributed by atoms with van der Waals surface area (Å²) in [5.74, 6) is 0.500. The van der Waals surface area contributed by atoms with E-state index in [0.29, 0.717) is 12.2 Å². The molecule has 2 saturated heterocycles. The zero-order valence-electron chi connectivity index (χ0n) is 14.8. The van der Waals surface area contributed by atoms with Crippen LogP contribution in [0.1, 0.15) is 46.0 Å². The van der Waals surface area contributed by atoms with Crippen LogP contribution in [0.4, 0.5) is 0 Å². The van der Waals surface area contributed by atoms with Crippen molar-refractivity contribution in [3.8, 4) is 0 Å². The Hall–Kier alpha value is -0.903. The minimum atomic E-state index is -1.62. The Labute approximate surface area is 136 Å². The first kappa shape index (κ1) is 17.5. The minimum absolute atomic E-state index is 0.0117. The third-order valence-electron chi connectivity index (χ3n) is 5.54. The molecule has 2 aliphatic heterocycles. The Kier molecular flexibility index (Phi) is 5.00. The largest absolute Gasteiger partial charge is 0.335 e. The molecular weight excluding hydrogens is 290 g/mol. The highest BCUT2D eigenvalue weighted by Gasteiger charge is 2.53. The van der Waals surface area contributed by atoms with Gasteiger partial charge in [-0.25, -0.2) is 0 Å². The summed E-state index contributed by atoms with van der Waals surface area (Å²) in [7, 11) is -1.62. The maximum Gasteiger partial charge on any atom is 0.223 e. The fraction of sp³-hybridized carbons (Fsp3) is 0.778. The van der Waals surface area contributed by atoms with Crippen LogP contribution < -0.4 is 0 Å². The van der Waals surface area contributed by atoms with Crippen LogP contribution in [-0.2, 0) is 9.59 Å². The van der Waals surface area contributed by atoms with E-state index in [1.54, 1.807) is 0 Å². The van der Waals surface area contributed by atoms with Crippen molar-refractivity contribution in [1.29, 1.82) is 0 Å². The second-order valence-corrected chi connectivity index (χ2v) is 13.1. The van der Waals surface area contributed by atoms with Gasteiger partial charge >= 0.3 is 0 Å². The first-order chi connectivity index (χ1) is 10.2. The summed E-state index contributed by atoms with van der Waals surface area (Å²) >= 11 is 0. The number of amides is 1. The Morgan fingerprint density at radius 3 is 2.41 bits per heavy atom. The molecular formula is C18H31NO2Si. The Bertz CT molecular complexity index is 480. The molecule has 22 heavy (non-hydrogen) atoms. The molecule has 0 bridgehead atoms. The lowest BCUT2D eigenvalue weighted by Crippen LogP contribution is -2.60. The number of piperidine rings is 1. The van der Waals surface area contributed by atoms with Crippen molar-refractivity contribution >= 4 is 19.8 Å². The van der Waals surface area contributed by atoms with Crippen LogP contribution in [0, 0.1) is 11.8 Å². The molecule has 0 aromatic rings. The molecule has 0 aromatic carbocycles. The standard InChI is InChI=1S/C18H31NO2Si/c1-7-9-15-17(12(3)22(4,5)6)18(21)13(8-2)14-10-11-16(20)19(14)15/h13-15,17H,3,7-11H2,1-2,4-6H3/t13-,14+,15+,17+/m1/s1. The van der Waals surface area contributed by atoms with E-state index >= 15 is 0 Å². The molecule has 2 fully saturated rings. The Morgan fingerprint density at radius 2 is 1.91 bits per heavy atom. The van der Waals surface area contributed by atoms with E-state index in [0.717, 1.165) is 30.9 Å². The van der Waals surface area contributed by atoms with E-state index in [1.165, 1.54) is 0 Å². The summed E-state index contributed by atoms with van der Waals surface area (Å²) in [6.07, 6.45) is 4.22. The highest BCUT2D eigenvalue weighted by Crippen LogP contribution is 2.43. The van der Waals surface area contributed by atoms with Gasteiger partial charge in [0.15, 0.2) is 0 Å². The molecule has 2 rings (SSSR count). The lowest BCUT2D eigenvalue weighted by atomic mass is 9.75. The number of ketones is 1. The number of hydrogen-bond acceptors (Lipinski definition) is 2. The maximum absolute atomic E-state index is 13.2. The number of carbonyl (C=O) groups excluding carboxylic acids is 2. The monoisotopic (exact) mass is 321 g/mol. The van der Waals surface area contributed by atoms with Crippen molar-refractivity contribution in [3.63, 3.8) is 0 Å². The predicted molar refractivity (Wildman–Crippen MR) is 93.3 cm³/mol. The number of nitrogens with zero attached hydrogens (tertiary/aromatic N) is 1. The van der Waals surface area contributed by atoms with Gasteiger partial charge in [0, 0.05) is 24.4 Å². The summed E-state index contributed by atoms with van der Waals surface area (Å²) in [5, 5.41) is 1.13. The summed E-state index contributed by atoms with van der Waals surface area (Å²) in [6.45, 7) is 15.3. The van der Waals surface area contributed by atoms with Crippen LogP contribution in [0.15, 0.2) is 11.8 Å². The molecule has 0 unspecified atom stereocenters. The van der Waals surface area contributed by atoms with Crippen molar-refractivity contribution in [3.05, 3.63) is 11.8 Å². The van der Waals surface area contributed by atoms with Gasteiger partial charge in [0.05, 0.1) is 14.0 Å². The molecule has 1 amide bonds. The van der Waals surface area contributed by atoms with Gasteiger partial charge in [-0.05, 0) is 19.3 Å². The highest BCUT2D eigenvalue weighted by molar-refractivity contribution is 6.83. The van der Waals surface area contributed by atoms with Crippen LogP contribution in [0.25, 0.3) is 0 Å². The number of hydrogen-bond donors (Lipinski definition) is 0. The van der Waals surface area contributed by atoms with Crippen LogP contribution >= 0.6 is 0 Å². The normalized spacial score (nSPS) is 32.3. The van der Waals surface area contributed by atoms with Crippen molar-refractivity contribution < 1.29 is 9.59 Å². The van der Waals surface area contributed by atoms with E-state index < -0.39 is 8.07 Å². The third kappa shape index (κ3) is 2.82. The van der Waals surface area contributed by atoms with Gasteiger partial charge in [0.1, 0.15) is 5.78 Å². The van der Waals surface area contributed by atoms with E-state index in [2.05, 4.69) is 45.0 Å². The fourth-order valence-corrected chi connectivity index (χ4v) is 5.53. The first-order valence-corrected chi connectivity index (χ1v) is 12.3. The predicted octanol–water partition coefficient (Wildman–Crippen LogP) is 3.80. The molecule has 2 aliphatic rings. The minimum Gasteiger partial charge on any atom is -0.335 e. The molecule has 4 heteroatoms. The molecule has 0 aromatic heterocycles. The maximum atomic E-state index is 13.2. The molecule has 124 valence electrons. The fourth-order valence-electron chi connectivity index (χ4n) is 4.27. The van der Waals surface area contributed by atoms with Crippen molar-refractivity contribution in [1.82, 2.24) is 4.90 Å². The zero-order valence-corrected chi connectivity index (χ0v) is 15.8. The number of fused-ring (bicyclic) bond motifs is 1. The average Bonchev–Trinajstić information content (AvgIpc) is 2.80. The highest BCUT2D eigenvalue weighted by atomic mass is 28.3. The zero-order chi connectivity index (χ0) is 16.7. The van der Waals surface area contributed by atoms with Crippen LogP contribution in [0.3, 0.4) is 0 Å². The first-order valence-electron chi connectivity index (χ1n) is 8.78. The molecule has 0 saturated carbocycles. The smallest absolute Gasteiger partial charge is 0.223 e. The Balaban J connectivity index is 2.45. The van der Waals surface area contributed by atoms with Crippen LogP contribution in [0.5, 0.6) is 0 Å². The van der Waals surface area contributed by atoms with Gasteiger partial charge in [0.25, 0.3) is 0 Å². The summed E-state index contributed by atoms with van der Waals surface area (Å²) in [5.41, 5.74) is 0. The number of carbonyl (C=O) groups is 2. The van der Waals surface area contributed by atoms with Gasteiger partial charge in [-0.1, -0.05) is 45.1 Å². The van der Waals surface area contributed by atoms with Crippen molar-refractivity contribution in [2.24, 2.45) is 11.8 Å². The van der Waals surface area contributed by atoms with E-state index in [9.17, 15) is 9.59 Å². The van der Waals surface area contributed by atoms with Crippen LogP contribution in [-0.4, -0.2) is 36.7 Å².